The lowest BCUT2D eigenvalue weighted by atomic mass is 9.94. The molecule has 0 aliphatic carbocycles. The van der Waals surface area contributed by atoms with E-state index in [0.717, 1.165) is 0 Å². The van der Waals surface area contributed by atoms with E-state index in [-0.39, 0.29) is 77.0 Å². The summed E-state index contributed by atoms with van der Waals surface area (Å²) in [7, 11) is -27.6. The van der Waals surface area contributed by atoms with E-state index in [4.69, 9.17) is 94.7 Å². The normalized spacial score (nSPS) is 39.5. The Morgan fingerprint density at radius 3 is 0.464 bits per heavy atom. The highest BCUT2D eigenvalue weighted by atomic mass is 32.2. The van der Waals surface area contributed by atoms with Gasteiger partial charge in [-0.25, -0.2) is 0 Å². The Kier molecular flexibility index (Phi) is 42.9. The molecule has 15 saturated heterocycles. The van der Waals surface area contributed by atoms with Crippen LogP contribution in [0.5, 0.6) is 0 Å². The van der Waals surface area contributed by atoms with Crippen LogP contribution in [0.1, 0.15) is 77.0 Å². The van der Waals surface area contributed by atoms with E-state index in [1.165, 1.54) is 0 Å². The van der Waals surface area contributed by atoms with E-state index in [1.54, 1.807) is 0 Å². The van der Waals surface area contributed by atoms with Gasteiger partial charge in [-0.2, -0.15) is 50.5 Å². The van der Waals surface area contributed by atoms with E-state index < -0.39 is 396 Å². The number of hydrogen-bond donors (Lipinski definition) is 21. The van der Waals surface area contributed by atoms with Gasteiger partial charge in [-0.3, -0.25) is 27.3 Å². The molecule has 15 fully saturated rings. The van der Waals surface area contributed by atoms with Crippen molar-refractivity contribution >= 4 is 60.7 Å². The monoisotopic (exact) mass is 1950 g/mol. The van der Waals surface area contributed by atoms with Crippen LogP contribution in [0, 0.1) is 0 Å². The first kappa shape index (κ1) is 108. The molecule has 0 spiro atoms. The number of hydrogen-bond acceptors (Lipinski definition) is 47. The largest absolute Gasteiger partial charge is 0.394 e. The highest BCUT2D eigenvalue weighted by molar-refractivity contribution is 7.86. The third-order valence-corrected chi connectivity index (χ3v) is 26.1. The topological polar surface area (TPSA) is 814 Å². The maximum Gasteiger partial charge on any atom is 0.264 e. The Labute approximate surface area is 718 Å². The number of aliphatic hydroxyl groups is 15. The van der Waals surface area contributed by atoms with Crippen molar-refractivity contribution in [1.82, 2.24) is 0 Å². The van der Waals surface area contributed by atoms with Gasteiger partial charge in [0, 0.05) is 39.6 Å². The molecule has 0 aromatic rings. The molecule has 0 amide bonds. The number of ether oxygens (including phenoxy) is 20. The fourth-order valence-electron chi connectivity index (χ4n) is 15.0. The summed E-state index contributed by atoms with van der Waals surface area (Å²) in [6.07, 6.45) is -77.5. The number of unbranched alkanes of at least 4 members (excludes halogenated alkanes) is 6. The van der Waals surface area contributed by atoms with Gasteiger partial charge in [0.05, 0.1) is 80.8 Å². The first-order valence-corrected chi connectivity index (χ1v) is 49.7. The highest BCUT2D eigenvalue weighted by Gasteiger charge is 2.61. The van der Waals surface area contributed by atoms with E-state index in [0.29, 0.717) is 0 Å². The summed E-state index contributed by atoms with van der Waals surface area (Å²) in [4.78, 5) is 0. The molecule has 0 aromatic heterocycles. The van der Waals surface area contributed by atoms with Gasteiger partial charge in [0.2, 0.25) is 0 Å². The summed E-state index contributed by atoms with van der Waals surface area (Å²) in [5.41, 5.74) is 0. The summed E-state index contributed by atoms with van der Waals surface area (Å²) in [6, 6.07) is 0. The molecule has 15 aliphatic heterocycles. The summed E-state index contributed by atoms with van der Waals surface area (Å²) in [5, 5.41) is 178. The third kappa shape index (κ3) is 32.1. The maximum absolute atomic E-state index is 12.7. The van der Waals surface area contributed by atoms with Crippen molar-refractivity contribution in [2.45, 2.75) is 292 Å². The Morgan fingerprint density at radius 1 is 0.184 bits per heavy atom. The molecule has 125 heavy (non-hydrogen) atoms. The smallest absolute Gasteiger partial charge is 0.264 e. The van der Waals surface area contributed by atoms with Gasteiger partial charge in [-0.15, -0.1) is 0 Å². The lowest BCUT2D eigenvalue weighted by Crippen LogP contribution is -2.69. The summed E-state index contributed by atoms with van der Waals surface area (Å²) in [6.45, 7) is -12.0. The third-order valence-electron chi connectivity index (χ3n) is 21.3. The molecular weight excluding hydrogens is 1830 g/mol. The van der Waals surface area contributed by atoms with Crippen LogP contribution < -0.4 is 0 Å². The van der Waals surface area contributed by atoms with Crippen LogP contribution in [0.4, 0.5) is 0 Å². The second-order valence-electron chi connectivity index (χ2n) is 30.7. The van der Waals surface area contributed by atoms with Crippen LogP contribution in [0.2, 0.25) is 0 Å². The molecule has 736 valence electrons. The van der Waals surface area contributed by atoms with Crippen LogP contribution in [0.3, 0.4) is 0 Å². The van der Waals surface area contributed by atoms with Crippen LogP contribution in [-0.4, -0.2) is 490 Å². The van der Waals surface area contributed by atoms with Crippen molar-refractivity contribution in [1.29, 1.82) is 0 Å². The number of rotatable bonds is 43. The molecule has 35 atom stereocenters. The van der Waals surface area contributed by atoms with Gasteiger partial charge < -0.3 is 171 Å². The predicted octanol–water partition coefficient (Wildman–Crippen LogP) is -11.1. The van der Waals surface area contributed by atoms with E-state index in [9.17, 15) is 154 Å². The first-order chi connectivity index (χ1) is 58.8. The second kappa shape index (κ2) is 49.5. The van der Waals surface area contributed by atoms with Gasteiger partial charge in [-0.05, 0) is 77.0 Å². The molecule has 15 aliphatic rings. The minimum Gasteiger partial charge on any atom is -0.394 e. The zero-order valence-electron chi connectivity index (χ0n) is 67.0. The Bertz CT molecular complexity index is 3750. The quantitative estimate of drug-likeness (QED) is 0.0199. The van der Waals surface area contributed by atoms with Crippen LogP contribution >= 0.6 is 0 Å². The van der Waals surface area contributed by atoms with Crippen molar-refractivity contribution in [3.05, 3.63) is 0 Å². The molecule has 0 radical (unpaired) electrons. The summed E-state index contributed by atoms with van der Waals surface area (Å²) < 4.78 is 323. The van der Waals surface area contributed by atoms with Gasteiger partial charge >= 0.3 is 0 Å². The van der Waals surface area contributed by atoms with Crippen molar-refractivity contribution in [2.75, 3.05) is 120 Å². The Hall–Kier alpha value is -1.94. The minimum absolute atomic E-state index is 0.252. The highest BCUT2D eigenvalue weighted by Crippen LogP contribution is 2.42. The fraction of sp³-hybridized carbons (Fsp3) is 1.00. The van der Waals surface area contributed by atoms with Crippen LogP contribution in [0.15, 0.2) is 0 Å². The fourth-order valence-corrected chi connectivity index (χ4v) is 18.4. The van der Waals surface area contributed by atoms with Gasteiger partial charge in [-0.1, -0.05) is 0 Å². The van der Waals surface area contributed by atoms with Gasteiger partial charge in [0.25, 0.3) is 60.7 Å². The molecular formula is C66H118O53S6. The van der Waals surface area contributed by atoms with Crippen molar-refractivity contribution in [2.24, 2.45) is 0 Å². The van der Waals surface area contributed by atoms with Crippen molar-refractivity contribution < 1.29 is 249 Å². The lowest BCUT2D eigenvalue weighted by molar-refractivity contribution is -0.402. The molecule has 0 unspecified atom stereocenters. The Balaban J connectivity index is 1.26. The SMILES string of the molecule is O=S(=O)(O)CCCCO[C@H]1[C@H]2O[C@H]3[C@H](O)[C@@H](OCCCCS(=O)(=O)O)[C@@H](O[C@H]4[C@H](O)[C@@H](OCCCCS(=O)(=O)O)[C@@H](O[C@H]5[C@H](O)[C@@H](OCCCCS(=O)(=O)O)[C@@H](O[C@H]6[C@H](O)[C@@H](OCCCCS(=O)(=O)O)[C@@H](O[C@H]7[C@H](O)[C@@H](OCCCCS(=O)(=O)O)[C@@H](O[C@H]8[C@H](O)[C@@H](O)[C@@H](O[C@@H]([C@@H]1O)[C@@H](CO)O2)O[C@@H]8CO)O[C@@H]7CO)O[C@@H]6CO)O[C@@H]5CO)O[C@@H]4CO)O[C@@H]3CO. The average molecular weight is 1950 g/mol. The zero-order chi connectivity index (χ0) is 92.3. The number of fused-ring (bicyclic) bond motifs is 7. The predicted molar refractivity (Wildman–Crippen MR) is 405 cm³/mol. The molecule has 0 saturated carbocycles. The van der Waals surface area contributed by atoms with E-state index in [1.807, 2.05) is 0 Å². The minimum atomic E-state index is -4.62. The van der Waals surface area contributed by atoms with E-state index >= 15 is 0 Å². The molecule has 59 heteroatoms. The van der Waals surface area contributed by atoms with Gasteiger partial charge in [0.1, 0.15) is 171 Å². The van der Waals surface area contributed by atoms with Crippen molar-refractivity contribution in [3.8, 4) is 0 Å². The zero-order valence-corrected chi connectivity index (χ0v) is 71.9. The molecule has 21 N–H and O–H groups in total. The molecule has 53 nitrogen and oxygen atoms in total. The first-order valence-electron chi connectivity index (χ1n) is 40.0. The van der Waals surface area contributed by atoms with Crippen LogP contribution in [-0.2, 0) is 155 Å². The second-order valence-corrected chi connectivity index (χ2v) is 40.1. The summed E-state index contributed by atoms with van der Waals surface area (Å²) >= 11 is 0. The standard InChI is InChI=1S/C66H118O53S6/c67-25-32-47-39(74)40(75)60(106-32)113-48-33(26-68)107-62(54(41(48)76)100-13-1-7-19-120(82,83)84)115-50-35(28-70)109-64(56(43(50)78)102-15-3-9-21-122(88,89)90)117-52-37(30-72)111-66(58(45(52)80)104-17-5-11-23-124(94,95)96)119-53-38(31-73)112-65(59(46(53)81)105-18-6-12-24-125(97,98)99)118-51-36(29-71)110-63(57(44(51)79)103-16-4-10-22-123(91,92)93)116-49-34(27-69)108-61(114-47)55(42(49)77)101-14-2-8-20-121(85,86)87/h32-81H,1-31H2,(H,82,83,84)(H,85,86,87)(H,88,89,90)(H,91,92,93)(H,94,95,96)(H,97,98,99)/t32-,33-,34-,35-,36-,37-,38-,39-,40-,41+,42+,43+,44+,45+,46+,47-,48-,49-,50-,51-,52-,53-,54-,55-,56-,57-,58-,59-,60-,61-,62-,63-,64-,65-,66-/m1/s1. The molecule has 15 rings (SSSR count). The molecule has 0 aromatic carbocycles. The summed E-state index contributed by atoms with van der Waals surface area (Å²) in [5.74, 6) is -5.00. The molecule has 14 bridgehead atoms. The average Bonchev–Trinajstić information content (AvgIpc) is 0.816. The van der Waals surface area contributed by atoms with E-state index in [2.05, 4.69) is 0 Å². The van der Waals surface area contributed by atoms with Gasteiger partial charge in [0.15, 0.2) is 44.0 Å². The lowest BCUT2D eigenvalue weighted by Gasteiger charge is -2.51. The van der Waals surface area contributed by atoms with Crippen molar-refractivity contribution in [3.63, 3.8) is 0 Å². The maximum atomic E-state index is 12.7. The van der Waals surface area contributed by atoms with Crippen LogP contribution in [0.25, 0.3) is 0 Å². The number of aliphatic hydroxyl groups excluding tert-OH is 15. The Morgan fingerprint density at radius 2 is 0.320 bits per heavy atom. The molecule has 15 heterocycles.